The molecule has 0 aliphatic carbocycles. The Bertz CT molecular complexity index is 599. The Labute approximate surface area is 103 Å². The van der Waals surface area contributed by atoms with E-state index in [1.165, 1.54) is 24.3 Å². The van der Waals surface area contributed by atoms with Crippen molar-refractivity contribution in [2.45, 2.75) is 0 Å². The minimum absolute atomic E-state index is 0.00162. The number of nitrogen functional groups attached to an aromatic ring is 1. The molecule has 0 aromatic heterocycles. The van der Waals surface area contributed by atoms with Crippen LogP contribution in [-0.2, 0) is 0 Å². The molecule has 0 unspecified atom stereocenters. The summed E-state index contributed by atoms with van der Waals surface area (Å²) < 4.78 is 13.5. The zero-order valence-corrected chi connectivity index (χ0v) is 9.35. The SMILES string of the molecule is Nc1cccc(C(=O)O)c1Nc1ccccc1F. The topological polar surface area (TPSA) is 75.4 Å². The van der Waals surface area contributed by atoms with Crippen molar-refractivity contribution in [1.29, 1.82) is 0 Å². The average Bonchev–Trinajstić information content (AvgIpc) is 2.34. The van der Waals surface area contributed by atoms with Gasteiger partial charge < -0.3 is 16.2 Å². The highest BCUT2D eigenvalue weighted by atomic mass is 19.1. The van der Waals surface area contributed by atoms with Crippen molar-refractivity contribution in [2.24, 2.45) is 0 Å². The first-order valence-corrected chi connectivity index (χ1v) is 5.23. The number of halogens is 1. The number of hydrogen-bond acceptors (Lipinski definition) is 3. The van der Waals surface area contributed by atoms with E-state index in [1.54, 1.807) is 18.2 Å². The molecule has 0 spiro atoms. The number of rotatable bonds is 3. The summed E-state index contributed by atoms with van der Waals surface area (Å²) in [7, 11) is 0. The molecule has 0 bridgehead atoms. The minimum Gasteiger partial charge on any atom is -0.478 e. The highest BCUT2D eigenvalue weighted by molar-refractivity contribution is 5.98. The van der Waals surface area contributed by atoms with Crippen LogP contribution in [0.3, 0.4) is 0 Å². The van der Waals surface area contributed by atoms with Gasteiger partial charge in [0, 0.05) is 0 Å². The number of nitrogens with two attached hydrogens (primary N) is 1. The summed E-state index contributed by atoms with van der Waals surface area (Å²) in [6.45, 7) is 0. The Morgan fingerprint density at radius 2 is 1.89 bits per heavy atom. The lowest BCUT2D eigenvalue weighted by molar-refractivity contribution is 0.0698. The predicted molar refractivity (Wildman–Crippen MR) is 67.5 cm³/mol. The molecule has 2 aromatic carbocycles. The van der Waals surface area contributed by atoms with E-state index in [0.717, 1.165) is 0 Å². The van der Waals surface area contributed by atoms with Crippen molar-refractivity contribution >= 4 is 23.0 Å². The first-order chi connectivity index (χ1) is 8.59. The molecule has 0 saturated heterocycles. The summed E-state index contributed by atoms with van der Waals surface area (Å²) >= 11 is 0. The van der Waals surface area contributed by atoms with Gasteiger partial charge in [-0.05, 0) is 24.3 Å². The van der Waals surface area contributed by atoms with E-state index in [1.807, 2.05) is 0 Å². The number of anilines is 3. The molecule has 4 N–H and O–H groups in total. The quantitative estimate of drug-likeness (QED) is 0.728. The van der Waals surface area contributed by atoms with Crippen LogP contribution >= 0.6 is 0 Å². The van der Waals surface area contributed by atoms with Gasteiger partial charge >= 0.3 is 5.97 Å². The maximum Gasteiger partial charge on any atom is 0.337 e. The highest BCUT2D eigenvalue weighted by Crippen LogP contribution is 2.28. The van der Waals surface area contributed by atoms with Crippen molar-refractivity contribution in [1.82, 2.24) is 0 Å². The number of carboxylic acid groups (broad SMARTS) is 1. The maximum atomic E-state index is 13.5. The zero-order valence-electron chi connectivity index (χ0n) is 9.35. The Kier molecular flexibility index (Phi) is 3.14. The van der Waals surface area contributed by atoms with E-state index in [0.29, 0.717) is 0 Å². The average molecular weight is 246 g/mol. The van der Waals surface area contributed by atoms with Gasteiger partial charge in [-0.25, -0.2) is 9.18 Å². The van der Waals surface area contributed by atoms with E-state index in [2.05, 4.69) is 5.32 Å². The number of nitrogens with one attached hydrogen (secondary N) is 1. The van der Waals surface area contributed by atoms with Crippen LogP contribution in [0.2, 0.25) is 0 Å². The van der Waals surface area contributed by atoms with Crippen molar-refractivity contribution in [3.63, 3.8) is 0 Å². The normalized spacial score (nSPS) is 10.1. The summed E-state index contributed by atoms with van der Waals surface area (Å²) in [4.78, 5) is 11.1. The van der Waals surface area contributed by atoms with E-state index >= 15 is 0 Å². The lowest BCUT2D eigenvalue weighted by Crippen LogP contribution is -2.06. The molecule has 5 heteroatoms. The minimum atomic E-state index is -1.12. The van der Waals surface area contributed by atoms with Gasteiger partial charge in [-0.2, -0.15) is 0 Å². The third-order valence-electron chi connectivity index (χ3n) is 2.46. The standard InChI is InChI=1S/C13H11FN2O2/c14-9-5-1-2-7-11(9)16-12-8(13(17)18)4-3-6-10(12)15/h1-7,16H,15H2,(H,17,18). The number of benzene rings is 2. The number of carbonyl (C=O) groups is 1. The van der Waals surface area contributed by atoms with E-state index in [4.69, 9.17) is 10.8 Å². The van der Waals surface area contributed by atoms with Gasteiger partial charge in [0.2, 0.25) is 0 Å². The molecule has 0 amide bonds. The first kappa shape index (κ1) is 11.9. The van der Waals surface area contributed by atoms with Crippen molar-refractivity contribution in [3.8, 4) is 0 Å². The van der Waals surface area contributed by atoms with E-state index < -0.39 is 11.8 Å². The monoisotopic (exact) mass is 246 g/mol. The van der Waals surface area contributed by atoms with Gasteiger partial charge in [-0.1, -0.05) is 18.2 Å². The summed E-state index contributed by atoms with van der Waals surface area (Å²) in [6.07, 6.45) is 0. The summed E-state index contributed by atoms with van der Waals surface area (Å²) in [5, 5.41) is 11.8. The van der Waals surface area contributed by atoms with Gasteiger partial charge in [-0.3, -0.25) is 0 Å². The third-order valence-corrected chi connectivity index (χ3v) is 2.46. The van der Waals surface area contributed by atoms with Gasteiger partial charge in [-0.15, -0.1) is 0 Å². The van der Waals surface area contributed by atoms with Gasteiger partial charge in [0.15, 0.2) is 0 Å². The summed E-state index contributed by atoms with van der Waals surface area (Å²) in [6, 6.07) is 10.5. The molecule has 2 rings (SSSR count). The van der Waals surface area contributed by atoms with Crippen LogP contribution in [-0.4, -0.2) is 11.1 Å². The number of para-hydroxylation sites is 2. The molecule has 0 atom stereocenters. The lowest BCUT2D eigenvalue weighted by Gasteiger charge is -2.12. The highest BCUT2D eigenvalue weighted by Gasteiger charge is 2.13. The van der Waals surface area contributed by atoms with Crippen LogP contribution in [0.4, 0.5) is 21.5 Å². The zero-order chi connectivity index (χ0) is 13.1. The molecule has 0 fully saturated rings. The fraction of sp³-hybridized carbons (Fsp3) is 0. The van der Waals surface area contributed by atoms with Crippen LogP contribution in [0, 0.1) is 5.82 Å². The van der Waals surface area contributed by atoms with Crippen molar-refractivity contribution in [3.05, 3.63) is 53.8 Å². The smallest absolute Gasteiger partial charge is 0.337 e. The van der Waals surface area contributed by atoms with E-state index in [9.17, 15) is 9.18 Å². The molecule has 0 heterocycles. The van der Waals surface area contributed by atoms with Crippen LogP contribution < -0.4 is 11.1 Å². The van der Waals surface area contributed by atoms with Crippen molar-refractivity contribution in [2.75, 3.05) is 11.1 Å². The second kappa shape index (κ2) is 4.75. The number of hydrogen-bond donors (Lipinski definition) is 3. The Morgan fingerprint density at radius 1 is 1.17 bits per heavy atom. The van der Waals surface area contributed by atoms with Gasteiger partial charge in [0.05, 0.1) is 22.6 Å². The summed E-state index contributed by atoms with van der Waals surface area (Å²) in [5.41, 5.74) is 6.32. The molecule has 0 saturated carbocycles. The molecule has 92 valence electrons. The Balaban J connectivity index is 2.46. The molecule has 0 aliphatic rings. The molecule has 0 aliphatic heterocycles. The largest absolute Gasteiger partial charge is 0.478 e. The van der Waals surface area contributed by atoms with Crippen LogP contribution in [0.15, 0.2) is 42.5 Å². The fourth-order valence-corrected chi connectivity index (χ4v) is 1.59. The molecular weight excluding hydrogens is 235 g/mol. The first-order valence-electron chi connectivity index (χ1n) is 5.23. The van der Waals surface area contributed by atoms with Crippen LogP contribution in [0.1, 0.15) is 10.4 Å². The molecule has 2 aromatic rings. The Hall–Kier alpha value is -2.56. The van der Waals surface area contributed by atoms with Crippen LogP contribution in [0.5, 0.6) is 0 Å². The van der Waals surface area contributed by atoms with Crippen molar-refractivity contribution < 1.29 is 14.3 Å². The summed E-state index contributed by atoms with van der Waals surface area (Å²) in [5.74, 6) is -1.60. The van der Waals surface area contributed by atoms with Crippen LogP contribution in [0.25, 0.3) is 0 Å². The van der Waals surface area contributed by atoms with E-state index in [-0.39, 0.29) is 22.6 Å². The lowest BCUT2D eigenvalue weighted by atomic mass is 10.1. The molecular formula is C13H11FN2O2. The second-order valence-electron chi connectivity index (χ2n) is 3.68. The number of carboxylic acids is 1. The fourth-order valence-electron chi connectivity index (χ4n) is 1.59. The van der Waals surface area contributed by atoms with Gasteiger partial charge in [0.25, 0.3) is 0 Å². The molecule has 4 nitrogen and oxygen atoms in total. The molecule has 18 heavy (non-hydrogen) atoms. The predicted octanol–water partition coefficient (Wildman–Crippen LogP) is 2.85. The van der Waals surface area contributed by atoms with Gasteiger partial charge in [0.1, 0.15) is 5.82 Å². The number of aromatic carboxylic acids is 1. The Morgan fingerprint density at radius 3 is 2.56 bits per heavy atom. The maximum absolute atomic E-state index is 13.5. The molecule has 0 radical (unpaired) electrons. The second-order valence-corrected chi connectivity index (χ2v) is 3.68. The third kappa shape index (κ3) is 2.24.